The van der Waals surface area contributed by atoms with Gasteiger partial charge in [-0.15, -0.1) is 5.10 Å². The molecule has 0 unspecified atom stereocenters. The molecule has 3 rings (SSSR count). The number of aliphatic carboxylic acids is 1. The largest absolute Gasteiger partial charge is 0.481 e. The molecule has 0 aromatic carbocycles. The molecule has 2 aromatic heterocycles. The van der Waals surface area contributed by atoms with E-state index in [4.69, 9.17) is 0 Å². The molecule has 0 bridgehead atoms. The number of aromatic nitrogens is 6. The van der Waals surface area contributed by atoms with Crippen LogP contribution in [0.15, 0.2) is 12.3 Å². The molecule has 8 nitrogen and oxygen atoms in total. The summed E-state index contributed by atoms with van der Waals surface area (Å²) in [6.45, 7) is 0.293. The Labute approximate surface area is 109 Å². The lowest BCUT2D eigenvalue weighted by molar-refractivity contribution is -0.156. The second-order valence-electron chi connectivity index (χ2n) is 4.97. The maximum absolute atomic E-state index is 11.4. The van der Waals surface area contributed by atoms with Crippen LogP contribution in [-0.4, -0.2) is 41.1 Å². The number of carboxylic acid groups (broad SMARTS) is 1. The third kappa shape index (κ3) is 1.88. The fourth-order valence-electron chi connectivity index (χ4n) is 2.36. The molecule has 19 heavy (non-hydrogen) atoms. The van der Waals surface area contributed by atoms with E-state index in [1.54, 1.807) is 16.9 Å². The Morgan fingerprint density at radius 3 is 2.84 bits per heavy atom. The fourth-order valence-corrected chi connectivity index (χ4v) is 2.36. The van der Waals surface area contributed by atoms with Crippen LogP contribution in [-0.2, 0) is 18.4 Å². The first-order valence-electron chi connectivity index (χ1n) is 6.10. The van der Waals surface area contributed by atoms with E-state index in [1.807, 2.05) is 7.05 Å². The zero-order valence-electron chi connectivity index (χ0n) is 10.5. The smallest absolute Gasteiger partial charge is 0.311 e. The second-order valence-corrected chi connectivity index (χ2v) is 4.97. The molecule has 0 aliphatic heterocycles. The maximum Gasteiger partial charge on any atom is 0.311 e. The van der Waals surface area contributed by atoms with E-state index in [2.05, 4.69) is 20.6 Å². The van der Waals surface area contributed by atoms with Crippen molar-refractivity contribution in [1.82, 2.24) is 30.0 Å². The average Bonchev–Trinajstić information content (AvgIpc) is 2.91. The highest BCUT2D eigenvalue weighted by molar-refractivity contribution is 5.75. The predicted molar refractivity (Wildman–Crippen MR) is 63.9 cm³/mol. The highest BCUT2D eigenvalue weighted by Gasteiger charge is 2.45. The molecule has 100 valence electrons. The summed E-state index contributed by atoms with van der Waals surface area (Å²) in [5.74, 6) is -0.269. The minimum absolute atomic E-state index is 0.293. The molecule has 2 aromatic rings. The highest BCUT2D eigenvalue weighted by atomic mass is 16.4. The van der Waals surface area contributed by atoms with E-state index in [9.17, 15) is 9.90 Å². The van der Waals surface area contributed by atoms with Gasteiger partial charge in [-0.2, -0.15) is 5.10 Å². The minimum Gasteiger partial charge on any atom is -0.481 e. The van der Waals surface area contributed by atoms with E-state index < -0.39 is 11.4 Å². The number of aryl methyl sites for hydroxylation is 1. The molecule has 1 saturated carbocycles. The van der Waals surface area contributed by atoms with Gasteiger partial charge in [0.15, 0.2) is 0 Å². The summed E-state index contributed by atoms with van der Waals surface area (Å²) in [6, 6.07) is 1.80. The van der Waals surface area contributed by atoms with Crippen LogP contribution in [0.3, 0.4) is 0 Å². The number of tetrazole rings is 1. The summed E-state index contributed by atoms with van der Waals surface area (Å²) in [5, 5.41) is 25.0. The lowest BCUT2D eigenvalue weighted by Crippen LogP contribution is -2.42. The lowest BCUT2D eigenvalue weighted by atomic mass is 9.69. The van der Waals surface area contributed by atoms with Gasteiger partial charge < -0.3 is 5.11 Å². The van der Waals surface area contributed by atoms with Crippen LogP contribution < -0.4 is 0 Å². The molecular formula is C11H14N6O2. The first kappa shape index (κ1) is 11.8. The molecule has 2 heterocycles. The monoisotopic (exact) mass is 262 g/mol. The zero-order valence-corrected chi connectivity index (χ0v) is 10.5. The molecule has 1 aliphatic carbocycles. The molecule has 0 amide bonds. The molecular weight excluding hydrogens is 248 g/mol. The molecule has 0 radical (unpaired) electrons. The quantitative estimate of drug-likeness (QED) is 0.852. The van der Waals surface area contributed by atoms with Crippen molar-refractivity contribution >= 4 is 5.97 Å². The number of rotatable bonds is 4. The first-order chi connectivity index (χ1) is 9.11. The normalized spacial score (nSPS) is 17.1. The van der Waals surface area contributed by atoms with Crippen molar-refractivity contribution in [3.05, 3.63) is 12.3 Å². The van der Waals surface area contributed by atoms with Crippen molar-refractivity contribution in [2.24, 2.45) is 12.5 Å². The van der Waals surface area contributed by atoms with Gasteiger partial charge in [0, 0.05) is 13.2 Å². The van der Waals surface area contributed by atoms with Crippen molar-refractivity contribution in [2.75, 3.05) is 0 Å². The average molecular weight is 262 g/mol. The minimum atomic E-state index is -0.777. The van der Waals surface area contributed by atoms with Gasteiger partial charge in [0.25, 0.3) is 0 Å². The Morgan fingerprint density at radius 2 is 2.32 bits per heavy atom. The van der Waals surface area contributed by atoms with Crippen LogP contribution >= 0.6 is 0 Å². The van der Waals surface area contributed by atoms with Gasteiger partial charge in [-0.1, -0.05) is 6.42 Å². The van der Waals surface area contributed by atoms with Gasteiger partial charge in [0.05, 0.1) is 12.0 Å². The Bertz CT molecular complexity index is 612. The Hall–Kier alpha value is -2.25. The molecule has 1 fully saturated rings. The van der Waals surface area contributed by atoms with E-state index >= 15 is 0 Å². The van der Waals surface area contributed by atoms with Crippen molar-refractivity contribution in [3.63, 3.8) is 0 Å². The van der Waals surface area contributed by atoms with Crippen LogP contribution in [0.2, 0.25) is 0 Å². The van der Waals surface area contributed by atoms with Crippen molar-refractivity contribution in [1.29, 1.82) is 0 Å². The molecule has 1 aliphatic rings. The number of nitrogens with zero attached hydrogens (tertiary/aromatic N) is 6. The molecule has 0 saturated heterocycles. The summed E-state index contributed by atoms with van der Waals surface area (Å²) in [7, 11) is 1.81. The third-order valence-electron chi connectivity index (χ3n) is 3.69. The van der Waals surface area contributed by atoms with Crippen LogP contribution in [0.4, 0.5) is 0 Å². The summed E-state index contributed by atoms with van der Waals surface area (Å²) >= 11 is 0. The lowest BCUT2D eigenvalue weighted by Gasteiger charge is -2.37. The number of carboxylic acids is 1. The summed E-state index contributed by atoms with van der Waals surface area (Å²) in [4.78, 5) is 11.4. The number of carbonyl (C=O) groups is 1. The highest BCUT2D eigenvalue weighted by Crippen LogP contribution is 2.42. The third-order valence-corrected chi connectivity index (χ3v) is 3.69. The van der Waals surface area contributed by atoms with E-state index in [1.165, 1.54) is 4.68 Å². The SMILES string of the molecule is Cn1ccc(-c2nnnn2CC2(C(=O)O)CCC2)n1. The van der Waals surface area contributed by atoms with E-state index in [0.717, 1.165) is 6.42 Å². The van der Waals surface area contributed by atoms with Crippen molar-refractivity contribution in [3.8, 4) is 11.5 Å². The molecule has 0 atom stereocenters. The van der Waals surface area contributed by atoms with Gasteiger partial charge in [-0.3, -0.25) is 9.48 Å². The van der Waals surface area contributed by atoms with E-state index in [0.29, 0.717) is 30.9 Å². The number of hydrogen-bond acceptors (Lipinski definition) is 5. The Morgan fingerprint density at radius 1 is 1.53 bits per heavy atom. The topological polar surface area (TPSA) is 98.7 Å². The van der Waals surface area contributed by atoms with Crippen molar-refractivity contribution < 1.29 is 9.90 Å². The van der Waals surface area contributed by atoms with Gasteiger partial charge in [-0.05, 0) is 29.3 Å². The Balaban J connectivity index is 1.90. The van der Waals surface area contributed by atoms with Crippen molar-refractivity contribution in [2.45, 2.75) is 25.8 Å². The standard InChI is InChI=1S/C11H14N6O2/c1-16-6-3-8(13-16)9-12-14-15-17(9)7-11(10(18)19)4-2-5-11/h3,6H,2,4-5,7H2,1H3,(H,18,19). The molecule has 8 heteroatoms. The van der Waals surface area contributed by atoms with E-state index in [-0.39, 0.29) is 0 Å². The van der Waals surface area contributed by atoms with Crippen LogP contribution in [0, 0.1) is 5.41 Å². The van der Waals surface area contributed by atoms with Gasteiger partial charge in [0.1, 0.15) is 5.69 Å². The fraction of sp³-hybridized carbons (Fsp3) is 0.545. The van der Waals surface area contributed by atoms with Gasteiger partial charge in [0.2, 0.25) is 5.82 Å². The van der Waals surface area contributed by atoms with Crippen LogP contribution in [0.25, 0.3) is 11.5 Å². The predicted octanol–water partition coefficient (Wildman–Crippen LogP) is 0.328. The van der Waals surface area contributed by atoms with Crippen LogP contribution in [0.5, 0.6) is 0 Å². The summed E-state index contributed by atoms with van der Waals surface area (Å²) < 4.78 is 3.19. The number of hydrogen-bond donors (Lipinski definition) is 1. The van der Waals surface area contributed by atoms with Crippen LogP contribution in [0.1, 0.15) is 19.3 Å². The first-order valence-corrected chi connectivity index (χ1v) is 6.10. The molecule has 0 spiro atoms. The summed E-state index contributed by atoms with van der Waals surface area (Å²) in [5.41, 5.74) is -0.0776. The zero-order chi connectivity index (χ0) is 13.5. The molecule has 1 N–H and O–H groups in total. The Kier molecular flexibility index (Phi) is 2.58. The van der Waals surface area contributed by atoms with Gasteiger partial charge in [-0.25, -0.2) is 4.68 Å². The van der Waals surface area contributed by atoms with Gasteiger partial charge >= 0.3 is 5.97 Å². The summed E-state index contributed by atoms with van der Waals surface area (Å²) in [6.07, 6.45) is 4.08. The second kappa shape index (κ2) is 4.15. The maximum atomic E-state index is 11.4.